The molecule has 29 heavy (non-hydrogen) atoms. The van der Waals surface area contributed by atoms with E-state index in [2.05, 4.69) is 26.1 Å². The number of anilines is 1. The topological polar surface area (TPSA) is 90.6 Å². The summed E-state index contributed by atoms with van der Waals surface area (Å²) in [7, 11) is 3.05. The number of methoxy groups -OCH3 is 2. The average Bonchev–Trinajstić information content (AvgIpc) is 3.03. The number of primary amides is 1. The number of carbonyl (C=O) groups excluding carboxylic acids is 2. The van der Waals surface area contributed by atoms with Gasteiger partial charge in [0.2, 0.25) is 0 Å². The fourth-order valence-corrected chi connectivity index (χ4v) is 5.16. The fourth-order valence-electron chi connectivity index (χ4n) is 3.83. The predicted molar refractivity (Wildman–Crippen MR) is 115 cm³/mol. The maximum absolute atomic E-state index is 12.9. The van der Waals surface area contributed by atoms with E-state index < -0.39 is 5.91 Å². The van der Waals surface area contributed by atoms with Gasteiger partial charge < -0.3 is 20.5 Å². The number of carbonyl (C=O) groups is 2. The van der Waals surface area contributed by atoms with E-state index in [9.17, 15) is 9.59 Å². The maximum atomic E-state index is 12.9. The molecule has 1 aliphatic rings. The molecule has 0 aliphatic heterocycles. The highest BCUT2D eigenvalue weighted by Crippen LogP contribution is 2.44. The minimum absolute atomic E-state index is 0.189. The van der Waals surface area contributed by atoms with Crippen LogP contribution in [0.1, 0.15) is 58.3 Å². The molecule has 0 spiro atoms. The van der Waals surface area contributed by atoms with Crippen molar-refractivity contribution < 1.29 is 19.1 Å². The Morgan fingerprint density at radius 1 is 1.21 bits per heavy atom. The van der Waals surface area contributed by atoms with Crippen LogP contribution in [0, 0.1) is 11.3 Å². The third-order valence-corrected chi connectivity index (χ3v) is 6.79. The molecule has 1 aromatic carbocycles. The third kappa shape index (κ3) is 4.24. The zero-order chi connectivity index (χ0) is 21.3. The summed E-state index contributed by atoms with van der Waals surface area (Å²) in [5.74, 6) is 0.666. The smallest absolute Gasteiger partial charge is 0.260 e. The van der Waals surface area contributed by atoms with E-state index in [-0.39, 0.29) is 11.3 Å². The molecular formula is C22H28N2O4S. The van der Waals surface area contributed by atoms with Crippen LogP contribution in [0.15, 0.2) is 18.2 Å². The first-order chi connectivity index (χ1) is 13.7. The van der Waals surface area contributed by atoms with Crippen molar-refractivity contribution in [1.82, 2.24) is 0 Å². The van der Waals surface area contributed by atoms with Gasteiger partial charge in [-0.2, -0.15) is 0 Å². The first kappa shape index (κ1) is 21.2. The lowest BCUT2D eigenvalue weighted by Gasteiger charge is -2.33. The molecule has 1 unspecified atom stereocenters. The molecule has 1 atom stereocenters. The zero-order valence-corrected chi connectivity index (χ0v) is 18.4. The lowest BCUT2D eigenvalue weighted by atomic mass is 9.72. The Labute approximate surface area is 175 Å². The molecule has 156 valence electrons. The van der Waals surface area contributed by atoms with E-state index in [1.54, 1.807) is 25.3 Å². The second kappa shape index (κ2) is 8.06. The average molecular weight is 417 g/mol. The van der Waals surface area contributed by atoms with Gasteiger partial charge in [0.25, 0.3) is 11.8 Å². The molecule has 2 aromatic rings. The van der Waals surface area contributed by atoms with Crippen molar-refractivity contribution in [3.8, 4) is 11.5 Å². The Hall–Kier alpha value is -2.54. The summed E-state index contributed by atoms with van der Waals surface area (Å²) in [6, 6.07) is 4.98. The number of benzene rings is 1. The summed E-state index contributed by atoms with van der Waals surface area (Å²) < 4.78 is 10.5. The summed E-state index contributed by atoms with van der Waals surface area (Å²) in [5.41, 5.74) is 7.67. The molecule has 0 fully saturated rings. The van der Waals surface area contributed by atoms with Crippen molar-refractivity contribution >= 4 is 28.2 Å². The SMILES string of the molecule is COc1ccc(C(=O)Nc2sc3c(c2C(N)=O)CCC(C(C)(C)C)C3)c(OC)c1. The predicted octanol–water partition coefficient (Wildman–Crippen LogP) is 4.27. The minimum atomic E-state index is -0.506. The van der Waals surface area contributed by atoms with Gasteiger partial charge in [-0.3, -0.25) is 9.59 Å². The first-order valence-electron chi connectivity index (χ1n) is 9.63. The molecule has 2 amide bonds. The monoisotopic (exact) mass is 416 g/mol. The van der Waals surface area contributed by atoms with Crippen LogP contribution < -0.4 is 20.5 Å². The summed E-state index contributed by atoms with van der Waals surface area (Å²) in [5, 5.41) is 3.40. The van der Waals surface area contributed by atoms with Crippen LogP contribution in [0.3, 0.4) is 0 Å². The number of rotatable bonds is 5. The Balaban J connectivity index is 1.93. The van der Waals surface area contributed by atoms with Gasteiger partial charge in [0.15, 0.2) is 0 Å². The standard InChI is InChI=1S/C22H28N2O4S/c1-22(2,3)12-6-8-15-17(10-12)29-21(18(15)19(23)25)24-20(26)14-9-7-13(27-4)11-16(14)28-5/h7,9,11-12H,6,8,10H2,1-5H3,(H2,23,25)(H,24,26). The Morgan fingerprint density at radius 3 is 2.52 bits per heavy atom. The number of hydrogen-bond acceptors (Lipinski definition) is 5. The lowest BCUT2D eigenvalue weighted by molar-refractivity contribution is 0.1000. The molecular weight excluding hydrogens is 388 g/mol. The number of thiophene rings is 1. The minimum Gasteiger partial charge on any atom is -0.497 e. The van der Waals surface area contributed by atoms with E-state index in [4.69, 9.17) is 15.2 Å². The summed E-state index contributed by atoms with van der Waals surface area (Å²) >= 11 is 1.46. The quantitative estimate of drug-likeness (QED) is 0.762. The van der Waals surface area contributed by atoms with Crippen molar-refractivity contribution in [2.75, 3.05) is 19.5 Å². The second-order valence-electron chi connectivity index (χ2n) is 8.40. The molecule has 6 nitrogen and oxygen atoms in total. The first-order valence-corrected chi connectivity index (χ1v) is 10.4. The van der Waals surface area contributed by atoms with Crippen LogP contribution >= 0.6 is 11.3 Å². The number of nitrogens with two attached hydrogens (primary N) is 1. The molecule has 0 radical (unpaired) electrons. The third-order valence-electron chi connectivity index (χ3n) is 5.62. The van der Waals surface area contributed by atoms with E-state index in [0.717, 1.165) is 29.7 Å². The van der Waals surface area contributed by atoms with Gasteiger partial charge in [-0.25, -0.2) is 0 Å². The van der Waals surface area contributed by atoms with Gasteiger partial charge in [-0.15, -0.1) is 11.3 Å². The van der Waals surface area contributed by atoms with Gasteiger partial charge >= 0.3 is 0 Å². The lowest BCUT2D eigenvalue weighted by Crippen LogP contribution is -2.27. The Kier molecular flexibility index (Phi) is 5.89. The number of ether oxygens (including phenoxy) is 2. The Bertz CT molecular complexity index is 943. The maximum Gasteiger partial charge on any atom is 0.260 e. The van der Waals surface area contributed by atoms with Gasteiger partial charge in [-0.05, 0) is 48.3 Å². The number of amides is 2. The molecule has 1 heterocycles. The fraction of sp³-hybridized carbons (Fsp3) is 0.455. The van der Waals surface area contributed by atoms with Gasteiger partial charge in [0.1, 0.15) is 16.5 Å². The molecule has 3 N–H and O–H groups in total. The van der Waals surface area contributed by atoms with Gasteiger partial charge in [0.05, 0.1) is 25.3 Å². The van der Waals surface area contributed by atoms with E-state index in [0.29, 0.717) is 33.5 Å². The highest BCUT2D eigenvalue weighted by Gasteiger charge is 2.33. The molecule has 0 bridgehead atoms. The molecule has 3 rings (SSSR count). The van der Waals surface area contributed by atoms with Crippen molar-refractivity contribution in [3.05, 3.63) is 39.8 Å². The molecule has 1 aromatic heterocycles. The van der Waals surface area contributed by atoms with Gasteiger partial charge in [0, 0.05) is 10.9 Å². The summed E-state index contributed by atoms with van der Waals surface area (Å²) in [4.78, 5) is 26.3. The van der Waals surface area contributed by atoms with Crippen LogP contribution in [0.2, 0.25) is 0 Å². The van der Waals surface area contributed by atoms with Crippen molar-refractivity contribution in [1.29, 1.82) is 0 Å². The zero-order valence-electron chi connectivity index (χ0n) is 17.5. The van der Waals surface area contributed by atoms with Crippen LogP contribution in [0.25, 0.3) is 0 Å². The summed E-state index contributed by atoms with van der Waals surface area (Å²) in [6.45, 7) is 6.72. The van der Waals surface area contributed by atoms with Crippen LogP contribution in [0.5, 0.6) is 11.5 Å². The molecule has 1 aliphatic carbocycles. The second-order valence-corrected chi connectivity index (χ2v) is 9.50. The van der Waals surface area contributed by atoms with Crippen LogP contribution in [-0.4, -0.2) is 26.0 Å². The highest BCUT2D eigenvalue weighted by atomic mass is 32.1. The Morgan fingerprint density at radius 2 is 1.93 bits per heavy atom. The largest absolute Gasteiger partial charge is 0.497 e. The summed E-state index contributed by atoms with van der Waals surface area (Å²) in [6.07, 6.45) is 2.70. The molecule has 0 saturated carbocycles. The highest BCUT2D eigenvalue weighted by molar-refractivity contribution is 7.17. The van der Waals surface area contributed by atoms with Crippen molar-refractivity contribution in [3.63, 3.8) is 0 Å². The molecule has 7 heteroatoms. The van der Waals surface area contributed by atoms with Gasteiger partial charge in [-0.1, -0.05) is 20.8 Å². The van der Waals surface area contributed by atoms with Crippen LogP contribution in [-0.2, 0) is 12.8 Å². The van der Waals surface area contributed by atoms with E-state index in [1.807, 2.05) is 0 Å². The number of hydrogen-bond donors (Lipinski definition) is 2. The normalized spacial score (nSPS) is 16.1. The van der Waals surface area contributed by atoms with Crippen molar-refractivity contribution in [2.45, 2.75) is 40.0 Å². The van der Waals surface area contributed by atoms with Crippen LogP contribution in [0.4, 0.5) is 5.00 Å². The molecule has 0 saturated heterocycles. The van der Waals surface area contributed by atoms with Crippen molar-refractivity contribution in [2.24, 2.45) is 17.1 Å². The van der Waals surface area contributed by atoms with E-state index >= 15 is 0 Å². The van der Waals surface area contributed by atoms with E-state index in [1.165, 1.54) is 18.4 Å². The number of nitrogens with one attached hydrogen (secondary N) is 1. The number of fused-ring (bicyclic) bond motifs is 1.